The number of rotatable bonds is 9. The highest BCUT2D eigenvalue weighted by Crippen LogP contribution is 2.30. The van der Waals surface area contributed by atoms with Crippen LogP contribution in [0.5, 0.6) is 0 Å². The molecule has 2 saturated carbocycles. The molecule has 5 rings (SSSR count). The molecule has 2 aliphatic carbocycles. The van der Waals surface area contributed by atoms with Crippen molar-refractivity contribution in [3.63, 3.8) is 0 Å². The van der Waals surface area contributed by atoms with Gasteiger partial charge in [-0.1, -0.05) is 25.4 Å². The molecule has 35 heavy (non-hydrogen) atoms. The fourth-order valence-corrected chi connectivity index (χ4v) is 4.65. The molecule has 10 heteroatoms. The maximum Gasteiger partial charge on any atom is 0.276 e. The minimum atomic E-state index is -0.307. The molecule has 1 amide bonds. The molecule has 9 nitrogen and oxygen atoms in total. The zero-order valence-electron chi connectivity index (χ0n) is 20.2. The van der Waals surface area contributed by atoms with E-state index in [1.165, 1.54) is 0 Å². The van der Waals surface area contributed by atoms with Gasteiger partial charge in [0.05, 0.1) is 11.9 Å². The van der Waals surface area contributed by atoms with Crippen molar-refractivity contribution >= 4 is 40.3 Å². The monoisotopic (exact) mass is 496 g/mol. The average Bonchev–Trinajstić information content (AvgIpc) is 3.54. The molecule has 0 atom stereocenters. The molecule has 0 aliphatic heterocycles. The van der Waals surface area contributed by atoms with E-state index in [-0.39, 0.29) is 5.91 Å². The van der Waals surface area contributed by atoms with Crippen molar-refractivity contribution < 1.29 is 4.79 Å². The van der Waals surface area contributed by atoms with Crippen LogP contribution in [-0.4, -0.2) is 50.2 Å². The van der Waals surface area contributed by atoms with Crippen LogP contribution in [0.3, 0.4) is 0 Å². The number of hydrogen-bond donors (Lipinski definition) is 4. The predicted molar refractivity (Wildman–Crippen MR) is 139 cm³/mol. The largest absolute Gasteiger partial charge is 0.379 e. The lowest BCUT2D eigenvalue weighted by atomic mass is 9.91. The fourth-order valence-electron chi connectivity index (χ4n) is 4.48. The number of imidazole rings is 1. The molecule has 4 N–H and O–H groups in total. The number of nitrogens with zero attached hydrogens (tertiary/aromatic N) is 4. The summed E-state index contributed by atoms with van der Waals surface area (Å²) < 4.78 is 1.63. The Morgan fingerprint density at radius 2 is 1.77 bits per heavy atom. The number of fused-ring (bicyclic) bond motifs is 1. The van der Waals surface area contributed by atoms with Crippen LogP contribution in [0.4, 0.5) is 17.2 Å². The molecule has 0 bridgehead atoms. The molecule has 3 aromatic rings. The van der Waals surface area contributed by atoms with Crippen molar-refractivity contribution in [1.82, 2.24) is 24.9 Å². The maximum absolute atomic E-state index is 13.1. The zero-order chi connectivity index (χ0) is 24.4. The molecule has 0 aromatic carbocycles. The molecule has 0 saturated heterocycles. The van der Waals surface area contributed by atoms with Gasteiger partial charge in [-0.3, -0.25) is 4.79 Å². The molecule has 0 spiro atoms. The number of halogens is 1. The molecule has 2 fully saturated rings. The summed E-state index contributed by atoms with van der Waals surface area (Å²) in [5.41, 5.74) is 2.46. The van der Waals surface area contributed by atoms with E-state index in [0.29, 0.717) is 46.2 Å². The van der Waals surface area contributed by atoms with E-state index in [1.807, 2.05) is 6.07 Å². The summed E-state index contributed by atoms with van der Waals surface area (Å²) >= 11 is 5.96. The average molecular weight is 497 g/mol. The van der Waals surface area contributed by atoms with Crippen LogP contribution in [0.15, 0.2) is 30.6 Å². The first-order valence-electron chi connectivity index (χ1n) is 12.5. The standard InChI is InChI=1S/C25H33ClN8O/c1-15(2)13-28-16-3-5-18(6-4-16)31-23-12-20(30-17-7-8-17)24-29-14-21(34(24)33-23)25(35)32-19-9-10-27-22(26)11-19/h9-12,14-18,28,30H,3-8,13H2,1-2H3,(H,31,33)(H,27,32,35). The van der Waals surface area contributed by atoms with Crippen molar-refractivity contribution in [3.05, 3.63) is 41.4 Å². The number of hydrogen-bond acceptors (Lipinski definition) is 7. The van der Waals surface area contributed by atoms with Gasteiger partial charge in [0.1, 0.15) is 11.0 Å². The van der Waals surface area contributed by atoms with Gasteiger partial charge in [0.2, 0.25) is 0 Å². The summed E-state index contributed by atoms with van der Waals surface area (Å²) in [6.07, 6.45) is 9.86. The Hall–Kier alpha value is -2.91. The molecule has 2 aliphatic rings. The minimum Gasteiger partial charge on any atom is -0.379 e. The third-order valence-electron chi connectivity index (χ3n) is 6.52. The summed E-state index contributed by atoms with van der Waals surface area (Å²) in [6.45, 7) is 5.55. The highest BCUT2D eigenvalue weighted by molar-refractivity contribution is 6.29. The quantitative estimate of drug-likeness (QED) is 0.321. The predicted octanol–water partition coefficient (Wildman–Crippen LogP) is 4.57. The summed E-state index contributed by atoms with van der Waals surface area (Å²) in [6, 6.07) is 6.71. The van der Waals surface area contributed by atoms with Gasteiger partial charge < -0.3 is 21.3 Å². The first kappa shape index (κ1) is 23.8. The number of carbonyl (C=O) groups excluding carboxylic acids is 1. The lowest BCUT2D eigenvalue weighted by Crippen LogP contribution is -2.38. The topological polar surface area (TPSA) is 108 Å². The Morgan fingerprint density at radius 1 is 1.06 bits per heavy atom. The van der Waals surface area contributed by atoms with Crippen molar-refractivity contribution in [1.29, 1.82) is 0 Å². The molecule has 186 valence electrons. The van der Waals surface area contributed by atoms with Gasteiger partial charge in [-0.2, -0.15) is 0 Å². The van der Waals surface area contributed by atoms with Gasteiger partial charge in [-0.05, 0) is 63.1 Å². The van der Waals surface area contributed by atoms with Crippen molar-refractivity contribution in [3.8, 4) is 0 Å². The molecular formula is C25H33ClN8O. The number of anilines is 3. The highest BCUT2D eigenvalue weighted by Gasteiger charge is 2.26. The van der Waals surface area contributed by atoms with E-state index in [1.54, 1.807) is 29.0 Å². The SMILES string of the molecule is CC(C)CNC1CCC(Nc2cc(NC3CC3)c3ncc(C(=O)Nc4ccnc(Cl)c4)n3n2)CC1. The van der Waals surface area contributed by atoms with Crippen molar-refractivity contribution in [2.24, 2.45) is 5.92 Å². The first-order chi connectivity index (χ1) is 16.9. The minimum absolute atomic E-state index is 0.307. The molecule has 3 heterocycles. The van der Waals surface area contributed by atoms with Gasteiger partial charge in [-0.25, -0.2) is 14.5 Å². The third-order valence-corrected chi connectivity index (χ3v) is 6.72. The van der Waals surface area contributed by atoms with Crippen LogP contribution in [-0.2, 0) is 0 Å². The first-order valence-corrected chi connectivity index (χ1v) is 12.9. The van der Waals surface area contributed by atoms with Crippen LogP contribution < -0.4 is 21.3 Å². The van der Waals surface area contributed by atoms with E-state index >= 15 is 0 Å². The third kappa shape index (κ3) is 6.02. The van der Waals surface area contributed by atoms with Crippen LogP contribution >= 0.6 is 11.6 Å². The maximum atomic E-state index is 13.1. The lowest BCUT2D eigenvalue weighted by molar-refractivity contribution is 0.102. The zero-order valence-corrected chi connectivity index (χ0v) is 21.0. The summed E-state index contributed by atoms with van der Waals surface area (Å²) in [5.74, 6) is 1.10. The van der Waals surface area contributed by atoms with Crippen LogP contribution in [0.2, 0.25) is 5.15 Å². The number of carbonyl (C=O) groups is 1. The summed E-state index contributed by atoms with van der Waals surface area (Å²) in [4.78, 5) is 21.5. The Kier molecular flexibility index (Phi) is 7.06. The van der Waals surface area contributed by atoms with Gasteiger partial charge in [0.15, 0.2) is 11.3 Å². The van der Waals surface area contributed by atoms with Gasteiger partial charge in [0.25, 0.3) is 5.91 Å². The number of pyridine rings is 1. The van der Waals surface area contributed by atoms with E-state index in [9.17, 15) is 4.79 Å². The smallest absolute Gasteiger partial charge is 0.276 e. The van der Waals surface area contributed by atoms with E-state index in [4.69, 9.17) is 16.7 Å². The fraction of sp³-hybridized carbons (Fsp3) is 0.520. The van der Waals surface area contributed by atoms with Crippen LogP contribution in [0, 0.1) is 5.92 Å². The Bertz CT molecular complexity index is 1180. The van der Waals surface area contributed by atoms with Crippen molar-refractivity contribution in [2.75, 3.05) is 22.5 Å². The van der Waals surface area contributed by atoms with Gasteiger partial charge >= 0.3 is 0 Å². The molecular weight excluding hydrogens is 464 g/mol. The number of nitrogens with one attached hydrogen (secondary N) is 4. The van der Waals surface area contributed by atoms with Gasteiger partial charge in [-0.15, -0.1) is 5.10 Å². The highest BCUT2D eigenvalue weighted by atomic mass is 35.5. The van der Waals surface area contributed by atoms with E-state index < -0.39 is 0 Å². The molecule has 0 radical (unpaired) electrons. The van der Waals surface area contributed by atoms with E-state index in [2.05, 4.69) is 45.1 Å². The molecule has 3 aromatic heterocycles. The second-order valence-corrected chi connectivity index (χ2v) is 10.4. The second-order valence-electron chi connectivity index (χ2n) is 10.1. The Balaban J connectivity index is 1.34. The van der Waals surface area contributed by atoms with Crippen LogP contribution in [0.1, 0.15) is 62.9 Å². The number of amides is 1. The lowest BCUT2D eigenvalue weighted by Gasteiger charge is -2.30. The Labute approximate surface area is 210 Å². The van der Waals surface area contributed by atoms with Crippen LogP contribution in [0.25, 0.3) is 5.65 Å². The van der Waals surface area contributed by atoms with Gasteiger partial charge in [0, 0.05) is 36.1 Å². The summed E-state index contributed by atoms with van der Waals surface area (Å²) in [7, 11) is 0. The molecule has 0 unspecified atom stereocenters. The number of aromatic nitrogens is 4. The Morgan fingerprint density at radius 3 is 2.49 bits per heavy atom. The summed E-state index contributed by atoms with van der Waals surface area (Å²) in [5, 5.41) is 18.8. The normalized spacial score (nSPS) is 20.2. The van der Waals surface area contributed by atoms with E-state index in [0.717, 1.165) is 56.6 Å². The van der Waals surface area contributed by atoms with Crippen molar-refractivity contribution in [2.45, 2.75) is 70.5 Å². The second kappa shape index (κ2) is 10.4.